The summed E-state index contributed by atoms with van der Waals surface area (Å²) >= 11 is 7.43. The smallest absolute Gasteiger partial charge is 0.338 e. The Labute approximate surface area is 223 Å². The van der Waals surface area contributed by atoms with Crippen LogP contribution < -0.4 is 24.4 Å². The Morgan fingerprint density at radius 3 is 2.62 bits per heavy atom. The molecule has 0 spiro atoms. The Bertz CT molecular complexity index is 1580. The van der Waals surface area contributed by atoms with Crippen LogP contribution in [0.25, 0.3) is 6.08 Å². The molecule has 0 saturated heterocycles. The minimum atomic E-state index is -0.718. The predicted octanol–water partition coefficient (Wildman–Crippen LogP) is 3.86. The van der Waals surface area contributed by atoms with E-state index in [9.17, 15) is 9.59 Å². The normalized spacial score (nSPS) is 15.0. The Hall–Kier alpha value is -3.80. The molecule has 0 radical (unpaired) electrons. The lowest BCUT2D eigenvalue weighted by Gasteiger charge is -2.24. The Morgan fingerprint density at radius 2 is 1.95 bits per heavy atom. The summed E-state index contributed by atoms with van der Waals surface area (Å²) in [5.41, 5.74) is 1.83. The van der Waals surface area contributed by atoms with Gasteiger partial charge in [0.2, 0.25) is 0 Å². The van der Waals surface area contributed by atoms with E-state index in [4.69, 9.17) is 32.2 Å². The molecular weight excluding hydrogens is 512 g/mol. The van der Waals surface area contributed by atoms with E-state index in [0.717, 1.165) is 5.56 Å². The summed E-state index contributed by atoms with van der Waals surface area (Å²) in [7, 11) is 0. The predicted molar refractivity (Wildman–Crippen MR) is 144 cm³/mol. The number of aromatic nitrogens is 1. The van der Waals surface area contributed by atoms with Gasteiger partial charge in [0, 0.05) is 10.6 Å². The molecule has 1 atom stereocenters. The highest BCUT2D eigenvalue weighted by Crippen LogP contribution is 2.32. The summed E-state index contributed by atoms with van der Waals surface area (Å²) in [5.74, 6) is 3.11. The molecular formula is C28H25ClN2O5S. The summed E-state index contributed by atoms with van der Waals surface area (Å²) in [4.78, 5) is 31.9. The zero-order chi connectivity index (χ0) is 26.5. The second-order valence-corrected chi connectivity index (χ2v) is 9.42. The molecule has 4 rings (SSSR count). The van der Waals surface area contributed by atoms with E-state index < -0.39 is 12.0 Å². The fraction of sp³-hybridized carbons (Fsp3) is 0.250. The van der Waals surface area contributed by atoms with Crippen molar-refractivity contribution in [1.82, 2.24) is 4.57 Å². The molecule has 2 heterocycles. The van der Waals surface area contributed by atoms with Gasteiger partial charge in [-0.15, -0.1) is 6.42 Å². The maximum absolute atomic E-state index is 13.8. The van der Waals surface area contributed by atoms with E-state index in [1.54, 1.807) is 38.1 Å². The number of halogens is 1. The Balaban J connectivity index is 1.91. The molecule has 3 aromatic rings. The Kier molecular flexibility index (Phi) is 8.17. The van der Waals surface area contributed by atoms with E-state index in [1.807, 2.05) is 31.2 Å². The minimum absolute atomic E-state index is 0.0730. The van der Waals surface area contributed by atoms with E-state index in [2.05, 4.69) is 10.9 Å². The number of allylic oxidation sites excluding steroid dienone is 1. The van der Waals surface area contributed by atoms with Crippen molar-refractivity contribution in [3.63, 3.8) is 0 Å². The molecule has 0 bridgehead atoms. The van der Waals surface area contributed by atoms with Gasteiger partial charge in [0.1, 0.15) is 18.1 Å². The number of benzene rings is 2. The lowest BCUT2D eigenvalue weighted by molar-refractivity contribution is -0.139. The SMILES string of the molecule is C#CCOc1ccc(Cl)cc1/C=c1\sc2n(c1=O)[C@H](c1ccc(OCC)cc1)C(C(=O)OCC)=C(C)N=2. The molecule has 1 aliphatic heterocycles. The van der Waals surface area contributed by atoms with Gasteiger partial charge in [-0.1, -0.05) is 41.0 Å². The van der Waals surface area contributed by atoms with E-state index >= 15 is 0 Å². The summed E-state index contributed by atoms with van der Waals surface area (Å²) in [6, 6.07) is 11.7. The number of esters is 1. The molecule has 1 aromatic heterocycles. The van der Waals surface area contributed by atoms with E-state index in [1.165, 1.54) is 15.9 Å². The fourth-order valence-electron chi connectivity index (χ4n) is 4.04. The van der Waals surface area contributed by atoms with Crippen LogP contribution in [0.3, 0.4) is 0 Å². The average molecular weight is 537 g/mol. The van der Waals surface area contributed by atoms with Crippen molar-refractivity contribution in [3.05, 3.63) is 89.6 Å². The lowest BCUT2D eigenvalue weighted by Crippen LogP contribution is -2.39. The van der Waals surface area contributed by atoms with Crippen LogP contribution in [0.15, 0.2) is 63.5 Å². The van der Waals surface area contributed by atoms with Crippen molar-refractivity contribution >= 4 is 35.0 Å². The number of nitrogens with zero attached hydrogens (tertiary/aromatic N) is 2. The van der Waals surface area contributed by atoms with Crippen LogP contribution in [0.1, 0.15) is 37.9 Å². The van der Waals surface area contributed by atoms with Crippen molar-refractivity contribution in [1.29, 1.82) is 0 Å². The van der Waals surface area contributed by atoms with Crippen molar-refractivity contribution in [2.45, 2.75) is 26.8 Å². The molecule has 9 heteroatoms. The van der Waals surface area contributed by atoms with Crippen LogP contribution in [-0.2, 0) is 9.53 Å². The van der Waals surface area contributed by atoms with Crippen LogP contribution in [0.4, 0.5) is 0 Å². The summed E-state index contributed by atoms with van der Waals surface area (Å²) in [5, 5.41) is 0.486. The largest absolute Gasteiger partial charge is 0.494 e. The molecule has 1 aliphatic rings. The number of hydrogen-bond donors (Lipinski definition) is 0. The number of carbonyl (C=O) groups is 1. The first-order valence-electron chi connectivity index (χ1n) is 11.7. The van der Waals surface area contributed by atoms with Gasteiger partial charge in [-0.25, -0.2) is 9.79 Å². The topological polar surface area (TPSA) is 79.1 Å². The number of carbonyl (C=O) groups excluding carboxylic acids is 1. The van der Waals surface area contributed by atoms with Gasteiger partial charge in [0.15, 0.2) is 4.80 Å². The molecule has 37 heavy (non-hydrogen) atoms. The second kappa shape index (κ2) is 11.5. The molecule has 0 N–H and O–H groups in total. The van der Waals surface area contributed by atoms with Crippen LogP contribution in [0, 0.1) is 12.3 Å². The highest BCUT2D eigenvalue weighted by molar-refractivity contribution is 7.07. The van der Waals surface area contributed by atoms with Crippen molar-refractivity contribution in [2.24, 2.45) is 4.99 Å². The monoisotopic (exact) mass is 536 g/mol. The van der Waals surface area contributed by atoms with Crippen molar-refractivity contribution in [2.75, 3.05) is 19.8 Å². The van der Waals surface area contributed by atoms with Crippen molar-refractivity contribution in [3.8, 4) is 23.8 Å². The molecule has 0 aliphatic carbocycles. The van der Waals surface area contributed by atoms with E-state index in [0.29, 0.717) is 49.3 Å². The van der Waals surface area contributed by atoms with Crippen LogP contribution in [-0.4, -0.2) is 30.4 Å². The Morgan fingerprint density at radius 1 is 1.19 bits per heavy atom. The number of rotatable bonds is 8. The van der Waals surface area contributed by atoms with Gasteiger partial charge in [-0.2, -0.15) is 0 Å². The van der Waals surface area contributed by atoms with Gasteiger partial charge in [0.25, 0.3) is 5.56 Å². The third kappa shape index (κ3) is 5.48. The summed E-state index contributed by atoms with van der Waals surface area (Å²) < 4.78 is 18.5. The molecule has 7 nitrogen and oxygen atoms in total. The number of ether oxygens (including phenoxy) is 3. The first-order valence-corrected chi connectivity index (χ1v) is 12.9. The highest BCUT2D eigenvalue weighted by Gasteiger charge is 2.33. The maximum atomic E-state index is 13.8. The zero-order valence-electron chi connectivity index (χ0n) is 20.6. The number of fused-ring (bicyclic) bond motifs is 1. The molecule has 0 saturated carbocycles. The summed E-state index contributed by atoms with van der Waals surface area (Å²) in [6.07, 6.45) is 7.04. The number of hydrogen-bond acceptors (Lipinski definition) is 7. The quantitative estimate of drug-likeness (QED) is 0.323. The molecule has 0 unspecified atom stereocenters. The maximum Gasteiger partial charge on any atom is 0.338 e. The molecule has 0 amide bonds. The number of thiazole rings is 1. The second-order valence-electron chi connectivity index (χ2n) is 7.98. The van der Waals surface area contributed by atoms with Gasteiger partial charge in [0.05, 0.1) is 35.1 Å². The first kappa shape index (κ1) is 26.3. The van der Waals surface area contributed by atoms with Gasteiger partial charge < -0.3 is 14.2 Å². The first-order chi connectivity index (χ1) is 17.9. The molecule has 0 fully saturated rings. The highest BCUT2D eigenvalue weighted by atomic mass is 35.5. The van der Waals surface area contributed by atoms with E-state index in [-0.39, 0.29) is 18.8 Å². The molecule has 2 aromatic carbocycles. The lowest BCUT2D eigenvalue weighted by atomic mass is 9.96. The third-order valence-corrected chi connectivity index (χ3v) is 6.81. The fourth-order valence-corrected chi connectivity index (χ4v) is 5.26. The van der Waals surface area contributed by atoms with Crippen molar-refractivity contribution < 1.29 is 19.0 Å². The van der Waals surface area contributed by atoms with Gasteiger partial charge >= 0.3 is 5.97 Å². The van der Waals surface area contributed by atoms with Crippen LogP contribution in [0.2, 0.25) is 5.02 Å². The summed E-state index contributed by atoms with van der Waals surface area (Å²) in [6.45, 7) is 6.18. The standard InChI is InChI=1S/C28H25ClN2O5S/c1-5-14-36-22-13-10-20(29)15-19(22)16-23-26(32)31-25(18-8-11-21(12-9-18)34-6-2)24(27(33)35-7-3)17(4)30-28(31)37-23/h1,8-13,15-16,25H,6-7,14H2,2-4H3/b23-16-/t25-/m1/s1. The number of terminal acetylenes is 1. The average Bonchev–Trinajstić information content (AvgIpc) is 3.18. The third-order valence-electron chi connectivity index (χ3n) is 5.59. The van der Waals surface area contributed by atoms with Gasteiger partial charge in [-0.3, -0.25) is 9.36 Å². The molecule has 190 valence electrons. The van der Waals surface area contributed by atoms with Gasteiger partial charge in [-0.05, 0) is 62.7 Å². The van der Waals surface area contributed by atoms with Crippen LogP contribution in [0.5, 0.6) is 11.5 Å². The van der Waals surface area contributed by atoms with Crippen LogP contribution >= 0.6 is 22.9 Å². The minimum Gasteiger partial charge on any atom is -0.494 e. The zero-order valence-corrected chi connectivity index (χ0v) is 22.2.